The van der Waals surface area contributed by atoms with Crippen molar-refractivity contribution in [2.75, 3.05) is 39.3 Å². The van der Waals surface area contributed by atoms with Crippen LogP contribution in [-0.2, 0) is 10.0 Å². The van der Waals surface area contributed by atoms with Gasteiger partial charge in [0.1, 0.15) is 5.82 Å². The zero-order valence-corrected chi connectivity index (χ0v) is 16.3. The first-order valence-electron chi connectivity index (χ1n) is 9.26. The number of likely N-dealkylation sites (N-methyl/N-ethyl adjacent to an activating group) is 1. The van der Waals surface area contributed by atoms with Gasteiger partial charge >= 0.3 is 0 Å². The van der Waals surface area contributed by atoms with E-state index in [-0.39, 0.29) is 17.5 Å². The van der Waals surface area contributed by atoms with Gasteiger partial charge < -0.3 is 4.90 Å². The maximum absolute atomic E-state index is 13.1. The third kappa shape index (κ3) is 5.13. The van der Waals surface area contributed by atoms with Crippen molar-refractivity contribution in [1.29, 1.82) is 0 Å². The van der Waals surface area contributed by atoms with Crippen molar-refractivity contribution in [3.63, 3.8) is 0 Å². The van der Waals surface area contributed by atoms with Crippen LogP contribution < -0.4 is 4.72 Å². The van der Waals surface area contributed by atoms with Crippen LogP contribution >= 0.6 is 0 Å². The zero-order valence-electron chi connectivity index (χ0n) is 15.5. The minimum atomic E-state index is -3.69. The maximum Gasteiger partial charge on any atom is 0.240 e. The van der Waals surface area contributed by atoms with Crippen molar-refractivity contribution in [3.8, 4) is 0 Å². The molecule has 1 aliphatic rings. The Hall–Kier alpha value is -1.80. The van der Waals surface area contributed by atoms with E-state index in [1.807, 2.05) is 30.3 Å². The maximum atomic E-state index is 13.1. The van der Waals surface area contributed by atoms with E-state index in [9.17, 15) is 12.8 Å². The van der Waals surface area contributed by atoms with Crippen LogP contribution in [0.4, 0.5) is 4.39 Å². The van der Waals surface area contributed by atoms with Gasteiger partial charge in [0.2, 0.25) is 10.0 Å². The number of hydrogen-bond acceptors (Lipinski definition) is 4. The monoisotopic (exact) mass is 391 g/mol. The van der Waals surface area contributed by atoms with E-state index in [0.717, 1.165) is 50.4 Å². The third-order valence-electron chi connectivity index (χ3n) is 5.07. The van der Waals surface area contributed by atoms with Gasteiger partial charge in [-0.2, -0.15) is 0 Å². The molecule has 0 saturated carbocycles. The Bertz CT molecular complexity index is 820. The predicted octanol–water partition coefficient (Wildman–Crippen LogP) is 2.48. The minimum absolute atomic E-state index is 0.0413. The Labute approximate surface area is 160 Å². The summed E-state index contributed by atoms with van der Waals surface area (Å²) in [5.74, 6) is -0.454. The molecule has 3 rings (SSSR count). The van der Waals surface area contributed by atoms with Gasteiger partial charge in [-0.25, -0.2) is 17.5 Å². The van der Waals surface area contributed by atoms with Crippen molar-refractivity contribution < 1.29 is 12.8 Å². The molecule has 27 heavy (non-hydrogen) atoms. The molecular formula is C20H26FN3O2S. The molecule has 0 aromatic heterocycles. The molecular weight excluding hydrogens is 365 g/mol. The van der Waals surface area contributed by atoms with Crippen LogP contribution in [0.3, 0.4) is 0 Å². The average Bonchev–Trinajstić information content (AvgIpc) is 2.70. The summed E-state index contributed by atoms with van der Waals surface area (Å²) in [6.07, 6.45) is 0. The number of halogens is 1. The second-order valence-electron chi connectivity index (χ2n) is 6.70. The molecule has 1 fully saturated rings. The normalized spacial score (nSPS) is 17.7. The van der Waals surface area contributed by atoms with Crippen molar-refractivity contribution in [2.24, 2.45) is 0 Å². The molecule has 2 aromatic rings. The van der Waals surface area contributed by atoms with Crippen LogP contribution in [0.2, 0.25) is 0 Å². The Balaban J connectivity index is 1.75. The highest BCUT2D eigenvalue weighted by molar-refractivity contribution is 7.89. The van der Waals surface area contributed by atoms with E-state index in [1.54, 1.807) is 0 Å². The summed E-state index contributed by atoms with van der Waals surface area (Å²) >= 11 is 0. The van der Waals surface area contributed by atoms with Crippen molar-refractivity contribution in [3.05, 3.63) is 66.0 Å². The van der Waals surface area contributed by atoms with Crippen LogP contribution in [0.25, 0.3) is 0 Å². The SMILES string of the molecule is CCN1CCN(C(CNS(=O)(=O)c2ccc(F)cc2)c2ccccc2)CC1. The van der Waals surface area contributed by atoms with E-state index in [1.165, 1.54) is 12.1 Å². The molecule has 1 heterocycles. The Morgan fingerprint density at radius 1 is 1.00 bits per heavy atom. The van der Waals surface area contributed by atoms with E-state index in [0.29, 0.717) is 0 Å². The lowest BCUT2D eigenvalue weighted by Crippen LogP contribution is -2.49. The molecule has 1 N–H and O–H groups in total. The predicted molar refractivity (Wildman–Crippen MR) is 104 cm³/mol. The van der Waals surface area contributed by atoms with Gasteiger partial charge in [0.25, 0.3) is 0 Å². The molecule has 7 heteroatoms. The lowest BCUT2D eigenvalue weighted by atomic mass is 10.0. The topological polar surface area (TPSA) is 52.6 Å². The van der Waals surface area contributed by atoms with Gasteiger partial charge in [-0.05, 0) is 36.4 Å². The average molecular weight is 392 g/mol. The molecule has 1 saturated heterocycles. The fraction of sp³-hybridized carbons (Fsp3) is 0.400. The van der Waals surface area contributed by atoms with E-state index in [4.69, 9.17) is 0 Å². The van der Waals surface area contributed by atoms with E-state index >= 15 is 0 Å². The summed E-state index contributed by atoms with van der Waals surface area (Å²) in [6.45, 7) is 7.20. The number of piperazine rings is 1. The number of nitrogens with zero attached hydrogens (tertiary/aromatic N) is 2. The Morgan fingerprint density at radius 3 is 2.22 bits per heavy atom. The highest BCUT2D eigenvalue weighted by Gasteiger charge is 2.26. The van der Waals surface area contributed by atoms with Gasteiger partial charge in [0.05, 0.1) is 4.90 Å². The Kier molecular flexibility index (Phi) is 6.59. The van der Waals surface area contributed by atoms with Crippen LogP contribution in [0.15, 0.2) is 59.5 Å². The van der Waals surface area contributed by atoms with Gasteiger partial charge in [0, 0.05) is 38.8 Å². The summed E-state index contributed by atoms with van der Waals surface area (Å²) < 4.78 is 41.0. The second-order valence-corrected chi connectivity index (χ2v) is 8.47. The molecule has 1 atom stereocenters. The van der Waals surface area contributed by atoms with Crippen molar-refractivity contribution >= 4 is 10.0 Å². The summed E-state index contributed by atoms with van der Waals surface area (Å²) in [7, 11) is -3.69. The summed E-state index contributed by atoms with van der Waals surface area (Å²) in [5.41, 5.74) is 1.09. The molecule has 0 spiro atoms. The van der Waals surface area contributed by atoms with Gasteiger partial charge in [-0.3, -0.25) is 4.90 Å². The number of hydrogen-bond donors (Lipinski definition) is 1. The minimum Gasteiger partial charge on any atom is -0.301 e. The van der Waals surface area contributed by atoms with Gasteiger partial charge in [-0.15, -0.1) is 0 Å². The molecule has 0 radical (unpaired) electrons. The lowest BCUT2D eigenvalue weighted by Gasteiger charge is -2.39. The molecule has 1 aliphatic heterocycles. The summed E-state index contributed by atoms with van der Waals surface area (Å²) in [5, 5.41) is 0. The van der Waals surface area contributed by atoms with Gasteiger partial charge in [0.15, 0.2) is 0 Å². The van der Waals surface area contributed by atoms with Crippen LogP contribution in [0.1, 0.15) is 18.5 Å². The fourth-order valence-corrected chi connectivity index (χ4v) is 4.45. The van der Waals surface area contributed by atoms with Crippen LogP contribution in [-0.4, -0.2) is 57.5 Å². The number of nitrogens with one attached hydrogen (secondary N) is 1. The smallest absolute Gasteiger partial charge is 0.240 e. The highest BCUT2D eigenvalue weighted by Crippen LogP contribution is 2.22. The zero-order chi connectivity index (χ0) is 19.3. The molecule has 146 valence electrons. The third-order valence-corrected chi connectivity index (χ3v) is 6.51. The summed E-state index contributed by atoms with van der Waals surface area (Å²) in [4.78, 5) is 4.79. The molecule has 0 aliphatic carbocycles. The number of rotatable bonds is 7. The van der Waals surface area contributed by atoms with Gasteiger partial charge in [-0.1, -0.05) is 37.3 Å². The number of benzene rings is 2. The largest absolute Gasteiger partial charge is 0.301 e. The van der Waals surface area contributed by atoms with Crippen LogP contribution in [0.5, 0.6) is 0 Å². The van der Waals surface area contributed by atoms with Crippen molar-refractivity contribution in [1.82, 2.24) is 14.5 Å². The first-order valence-corrected chi connectivity index (χ1v) is 10.7. The lowest BCUT2D eigenvalue weighted by molar-refractivity contribution is 0.100. The molecule has 2 aromatic carbocycles. The fourth-order valence-electron chi connectivity index (χ4n) is 3.41. The molecule has 0 amide bonds. The highest BCUT2D eigenvalue weighted by atomic mass is 32.2. The Morgan fingerprint density at radius 2 is 1.63 bits per heavy atom. The summed E-state index contributed by atoms with van der Waals surface area (Å²) in [6, 6.07) is 14.8. The number of sulfonamides is 1. The quantitative estimate of drug-likeness (QED) is 0.788. The molecule has 5 nitrogen and oxygen atoms in total. The van der Waals surface area contributed by atoms with E-state index in [2.05, 4.69) is 21.4 Å². The first-order chi connectivity index (χ1) is 13.0. The van der Waals surface area contributed by atoms with Crippen molar-refractivity contribution in [2.45, 2.75) is 17.9 Å². The standard InChI is InChI=1S/C20H26FN3O2S/c1-2-23-12-14-24(15-13-23)20(17-6-4-3-5-7-17)16-22-27(25,26)19-10-8-18(21)9-11-19/h3-11,20,22H,2,12-16H2,1H3. The van der Waals surface area contributed by atoms with E-state index < -0.39 is 15.8 Å². The second kappa shape index (κ2) is 8.93. The molecule has 0 bridgehead atoms. The molecule has 1 unspecified atom stereocenters. The first kappa shape index (κ1) is 19.9. The van der Waals surface area contributed by atoms with Crippen LogP contribution in [0, 0.1) is 5.82 Å².